The maximum absolute atomic E-state index is 12.6. The molecule has 1 saturated heterocycles. The molecule has 1 aromatic rings. The molecule has 2 atom stereocenters. The van der Waals surface area contributed by atoms with Crippen LogP contribution >= 0.6 is 11.3 Å². The molecule has 1 aliphatic heterocycles. The topological polar surface area (TPSA) is 45.2 Å². The van der Waals surface area contributed by atoms with Gasteiger partial charge in [-0.1, -0.05) is 6.92 Å². The number of hydrogen-bond acceptors (Lipinski definition) is 4. The van der Waals surface area contributed by atoms with E-state index in [1.165, 1.54) is 17.7 Å². The number of aromatic nitrogens is 1. The molecular weight excluding hydrogens is 294 g/mol. The van der Waals surface area contributed by atoms with Crippen molar-refractivity contribution in [3.05, 3.63) is 15.6 Å². The molecule has 0 aromatic carbocycles. The van der Waals surface area contributed by atoms with Crippen molar-refractivity contribution in [1.29, 1.82) is 0 Å². The Hall–Kier alpha value is -0.940. The van der Waals surface area contributed by atoms with Gasteiger partial charge in [0.15, 0.2) is 0 Å². The summed E-state index contributed by atoms with van der Waals surface area (Å²) in [5.74, 6) is 1.40. The molecule has 1 aliphatic rings. The lowest BCUT2D eigenvalue weighted by molar-refractivity contribution is -0.133. The predicted octanol–water partition coefficient (Wildman–Crippen LogP) is 3.31. The molecule has 2 heterocycles. The molecule has 2 rings (SSSR count). The van der Waals surface area contributed by atoms with Crippen molar-refractivity contribution in [2.45, 2.75) is 53.0 Å². The van der Waals surface area contributed by atoms with Crippen LogP contribution in [-0.4, -0.2) is 35.9 Å². The van der Waals surface area contributed by atoms with E-state index in [0.717, 1.165) is 23.8 Å². The Balaban J connectivity index is 1.94. The minimum atomic E-state index is 0.110. The van der Waals surface area contributed by atoms with E-state index < -0.39 is 0 Å². The Bertz CT molecular complexity index is 508. The molecule has 1 fully saturated rings. The molecular formula is C17H29N3OS. The fourth-order valence-corrected chi connectivity index (χ4v) is 4.35. The van der Waals surface area contributed by atoms with Crippen molar-refractivity contribution in [3.63, 3.8) is 0 Å². The molecule has 0 radical (unpaired) electrons. The molecule has 0 aliphatic carbocycles. The third kappa shape index (κ3) is 4.07. The second kappa shape index (κ2) is 7.55. The second-order valence-electron chi connectivity index (χ2n) is 6.63. The third-order valence-electron chi connectivity index (χ3n) is 4.98. The van der Waals surface area contributed by atoms with Crippen LogP contribution in [0.5, 0.6) is 0 Å². The van der Waals surface area contributed by atoms with Crippen molar-refractivity contribution < 1.29 is 4.79 Å². The summed E-state index contributed by atoms with van der Waals surface area (Å²) in [6.07, 6.45) is 3.05. The van der Waals surface area contributed by atoms with E-state index in [4.69, 9.17) is 0 Å². The van der Waals surface area contributed by atoms with Crippen LogP contribution in [0.4, 0.5) is 0 Å². The summed E-state index contributed by atoms with van der Waals surface area (Å²) in [5.41, 5.74) is 1.06. The first kappa shape index (κ1) is 17.4. The molecule has 124 valence electrons. The number of amides is 1. The maximum Gasteiger partial charge on any atom is 0.223 e. The third-order valence-corrected chi connectivity index (χ3v) is 6.22. The van der Waals surface area contributed by atoms with Gasteiger partial charge in [0, 0.05) is 18.3 Å². The molecule has 1 aromatic heterocycles. The van der Waals surface area contributed by atoms with Gasteiger partial charge in [-0.3, -0.25) is 4.79 Å². The van der Waals surface area contributed by atoms with E-state index in [0.29, 0.717) is 18.3 Å². The second-order valence-corrected chi connectivity index (χ2v) is 7.87. The monoisotopic (exact) mass is 323 g/mol. The van der Waals surface area contributed by atoms with Gasteiger partial charge in [-0.2, -0.15) is 0 Å². The van der Waals surface area contributed by atoms with Gasteiger partial charge >= 0.3 is 0 Å². The summed E-state index contributed by atoms with van der Waals surface area (Å²) in [5, 5.41) is 4.47. The van der Waals surface area contributed by atoms with Crippen molar-refractivity contribution in [2.75, 3.05) is 20.1 Å². The van der Waals surface area contributed by atoms with E-state index in [1.807, 2.05) is 25.8 Å². The van der Waals surface area contributed by atoms with Crippen LogP contribution in [0, 0.1) is 25.7 Å². The first-order valence-electron chi connectivity index (χ1n) is 8.30. The summed E-state index contributed by atoms with van der Waals surface area (Å²) in [6, 6.07) is 0.110. The Labute approximate surface area is 138 Å². The number of rotatable bonds is 5. The van der Waals surface area contributed by atoms with Gasteiger partial charge in [0.05, 0.1) is 16.7 Å². The van der Waals surface area contributed by atoms with E-state index in [2.05, 4.69) is 24.1 Å². The smallest absolute Gasteiger partial charge is 0.223 e. The highest BCUT2D eigenvalue weighted by molar-refractivity contribution is 7.11. The van der Waals surface area contributed by atoms with Crippen molar-refractivity contribution in [3.8, 4) is 0 Å². The van der Waals surface area contributed by atoms with E-state index in [-0.39, 0.29) is 11.9 Å². The fourth-order valence-electron chi connectivity index (χ4n) is 3.33. The first-order chi connectivity index (χ1) is 10.4. The molecule has 4 nitrogen and oxygen atoms in total. The van der Waals surface area contributed by atoms with E-state index in [9.17, 15) is 4.79 Å². The quantitative estimate of drug-likeness (QED) is 0.904. The highest BCUT2D eigenvalue weighted by Gasteiger charge is 2.26. The van der Waals surface area contributed by atoms with Gasteiger partial charge < -0.3 is 10.2 Å². The lowest BCUT2D eigenvalue weighted by atomic mass is 9.84. The van der Waals surface area contributed by atoms with Gasteiger partial charge in [0.1, 0.15) is 0 Å². The zero-order chi connectivity index (χ0) is 16.3. The summed E-state index contributed by atoms with van der Waals surface area (Å²) in [6.45, 7) is 10.6. The number of piperidine rings is 1. The van der Waals surface area contributed by atoms with Crippen LogP contribution in [0.15, 0.2) is 0 Å². The minimum absolute atomic E-state index is 0.110. The highest BCUT2D eigenvalue weighted by atomic mass is 32.1. The number of aryl methyl sites for hydroxylation is 2. The lowest BCUT2D eigenvalue weighted by Crippen LogP contribution is -2.35. The van der Waals surface area contributed by atoms with Gasteiger partial charge in [-0.15, -0.1) is 11.3 Å². The van der Waals surface area contributed by atoms with Crippen LogP contribution in [0.3, 0.4) is 0 Å². The SMILES string of the molecule is Cc1nc(C)c(C(C)N(C)C(=O)CC(C)C2CCNCC2)s1. The molecule has 0 spiro atoms. The Kier molecular flexibility index (Phi) is 5.98. The average molecular weight is 324 g/mol. The van der Waals surface area contributed by atoms with E-state index in [1.54, 1.807) is 11.3 Å². The number of thiazole rings is 1. The number of hydrogen-bond donors (Lipinski definition) is 1. The molecule has 1 N–H and O–H groups in total. The summed E-state index contributed by atoms with van der Waals surface area (Å²) < 4.78 is 0. The van der Waals surface area contributed by atoms with Gasteiger partial charge in [-0.05, 0) is 58.5 Å². The number of carbonyl (C=O) groups is 1. The molecule has 0 saturated carbocycles. The molecule has 5 heteroatoms. The number of nitrogens with zero attached hydrogens (tertiary/aromatic N) is 2. The van der Waals surface area contributed by atoms with Gasteiger partial charge in [-0.25, -0.2) is 4.98 Å². The van der Waals surface area contributed by atoms with Crippen molar-refractivity contribution in [1.82, 2.24) is 15.2 Å². The highest BCUT2D eigenvalue weighted by Crippen LogP contribution is 2.30. The summed E-state index contributed by atoms with van der Waals surface area (Å²) >= 11 is 1.70. The zero-order valence-corrected chi connectivity index (χ0v) is 15.3. The Morgan fingerprint density at radius 2 is 2.00 bits per heavy atom. The van der Waals surface area contributed by atoms with Crippen LogP contribution in [0.25, 0.3) is 0 Å². The van der Waals surface area contributed by atoms with Crippen LogP contribution in [0.2, 0.25) is 0 Å². The number of nitrogens with one attached hydrogen (secondary N) is 1. The van der Waals surface area contributed by atoms with E-state index >= 15 is 0 Å². The first-order valence-corrected chi connectivity index (χ1v) is 9.12. The van der Waals surface area contributed by atoms with Crippen molar-refractivity contribution >= 4 is 17.2 Å². The Morgan fingerprint density at radius 1 is 1.36 bits per heavy atom. The molecule has 22 heavy (non-hydrogen) atoms. The van der Waals surface area contributed by atoms with Crippen LogP contribution < -0.4 is 5.32 Å². The standard InChI is InChI=1S/C17H29N3OS/c1-11(15-6-8-18-9-7-15)10-16(21)20(5)13(3)17-12(2)19-14(4)22-17/h11,13,15,18H,6-10H2,1-5H3. The largest absolute Gasteiger partial charge is 0.338 e. The van der Waals surface area contributed by atoms with Crippen LogP contribution in [-0.2, 0) is 4.79 Å². The molecule has 1 amide bonds. The predicted molar refractivity (Wildman–Crippen MR) is 92.1 cm³/mol. The average Bonchev–Trinajstić information content (AvgIpc) is 2.85. The van der Waals surface area contributed by atoms with Gasteiger partial charge in [0.25, 0.3) is 0 Å². The summed E-state index contributed by atoms with van der Waals surface area (Å²) in [7, 11) is 1.93. The minimum Gasteiger partial charge on any atom is -0.338 e. The number of carbonyl (C=O) groups excluding carboxylic acids is 1. The van der Waals surface area contributed by atoms with Crippen molar-refractivity contribution in [2.24, 2.45) is 11.8 Å². The Morgan fingerprint density at radius 3 is 2.55 bits per heavy atom. The van der Waals surface area contributed by atoms with Crippen LogP contribution in [0.1, 0.15) is 54.7 Å². The maximum atomic E-state index is 12.6. The zero-order valence-electron chi connectivity index (χ0n) is 14.5. The molecule has 0 bridgehead atoms. The lowest BCUT2D eigenvalue weighted by Gasteiger charge is -2.30. The fraction of sp³-hybridized carbons (Fsp3) is 0.765. The normalized spacial score (nSPS) is 19.0. The molecule has 2 unspecified atom stereocenters. The summed E-state index contributed by atoms with van der Waals surface area (Å²) in [4.78, 5) is 20.2. The van der Waals surface area contributed by atoms with Gasteiger partial charge in [0.2, 0.25) is 5.91 Å².